The highest BCUT2D eigenvalue weighted by Crippen LogP contribution is 2.24. The van der Waals surface area contributed by atoms with E-state index in [0.29, 0.717) is 24.1 Å². The zero-order valence-electron chi connectivity index (χ0n) is 8.36. The Hall–Kier alpha value is -1.29. The van der Waals surface area contributed by atoms with Gasteiger partial charge in [0, 0.05) is 18.7 Å². The molecule has 0 spiro atoms. The Labute approximate surface area is 92.2 Å². The van der Waals surface area contributed by atoms with Crippen LogP contribution in [-0.4, -0.2) is 16.1 Å². The summed E-state index contributed by atoms with van der Waals surface area (Å²) in [7, 11) is 0. The molecule has 0 aliphatic carbocycles. The minimum Gasteiger partial charge on any atom is -0.469 e. The van der Waals surface area contributed by atoms with Crippen molar-refractivity contribution in [3.8, 4) is 11.5 Å². The average Bonchev–Trinajstić information content (AvgIpc) is 2.84. The van der Waals surface area contributed by atoms with Gasteiger partial charge >= 0.3 is 0 Å². The fourth-order valence-corrected chi connectivity index (χ4v) is 1.51. The normalized spacial score (nSPS) is 10.8. The molecule has 0 unspecified atom stereocenters. The molecule has 0 saturated heterocycles. The number of rotatable bonds is 4. The standard InChI is InChI=1S/C10H11ClN2O2/c1-2-8-7(4-6-14-8)10-13-12-9(15-10)3-5-11/h4,6H,2-3,5H2,1H3. The first-order valence-corrected chi connectivity index (χ1v) is 5.33. The molecule has 0 fully saturated rings. The van der Waals surface area contributed by atoms with Gasteiger partial charge in [-0.15, -0.1) is 21.8 Å². The molecule has 15 heavy (non-hydrogen) atoms. The van der Waals surface area contributed by atoms with Crippen LogP contribution in [0.2, 0.25) is 0 Å². The van der Waals surface area contributed by atoms with Crippen molar-refractivity contribution in [2.24, 2.45) is 0 Å². The van der Waals surface area contributed by atoms with Crippen molar-refractivity contribution in [3.05, 3.63) is 24.0 Å². The predicted molar refractivity (Wildman–Crippen MR) is 55.8 cm³/mol. The van der Waals surface area contributed by atoms with Gasteiger partial charge in [-0.25, -0.2) is 0 Å². The maximum atomic E-state index is 5.58. The molecule has 5 heteroatoms. The van der Waals surface area contributed by atoms with Crippen molar-refractivity contribution in [1.82, 2.24) is 10.2 Å². The van der Waals surface area contributed by atoms with E-state index < -0.39 is 0 Å². The molecule has 0 aliphatic rings. The van der Waals surface area contributed by atoms with E-state index >= 15 is 0 Å². The molecule has 0 bridgehead atoms. The molecule has 80 valence electrons. The number of aromatic nitrogens is 2. The Morgan fingerprint density at radius 3 is 3.00 bits per heavy atom. The lowest BCUT2D eigenvalue weighted by Gasteiger charge is -1.92. The van der Waals surface area contributed by atoms with Gasteiger partial charge in [0.2, 0.25) is 5.89 Å². The topological polar surface area (TPSA) is 52.1 Å². The van der Waals surface area contributed by atoms with Crippen molar-refractivity contribution in [1.29, 1.82) is 0 Å². The van der Waals surface area contributed by atoms with E-state index in [-0.39, 0.29) is 0 Å². The van der Waals surface area contributed by atoms with Crippen LogP contribution in [-0.2, 0) is 12.8 Å². The van der Waals surface area contributed by atoms with Crippen molar-refractivity contribution >= 4 is 11.6 Å². The monoisotopic (exact) mass is 226 g/mol. The van der Waals surface area contributed by atoms with Gasteiger partial charge in [0.15, 0.2) is 0 Å². The van der Waals surface area contributed by atoms with Crippen LogP contribution in [0, 0.1) is 0 Å². The Balaban J connectivity index is 2.28. The lowest BCUT2D eigenvalue weighted by Crippen LogP contribution is -1.84. The Kier molecular flexibility index (Phi) is 3.06. The fraction of sp³-hybridized carbons (Fsp3) is 0.400. The molecule has 4 nitrogen and oxygen atoms in total. The van der Waals surface area contributed by atoms with E-state index in [4.69, 9.17) is 20.4 Å². The number of hydrogen-bond donors (Lipinski definition) is 0. The Morgan fingerprint density at radius 2 is 2.27 bits per heavy atom. The number of furan rings is 1. The zero-order chi connectivity index (χ0) is 10.7. The highest BCUT2D eigenvalue weighted by molar-refractivity contribution is 6.17. The lowest BCUT2D eigenvalue weighted by atomic mass is 10.2. The molecule has 0 aromatic carbocycles. The highest BCUT2D eigenvalue weighted by Gasteiger charge is 2.13. The van der Waals surface area contributed by atoms with Gasteiger partial charge in [-0.05, 0) is 6.07 Å². The summed E-state index contributed by atoms with van der Waals surface area (Å²) in [4.78, 5) is 0. The molecule has 2 aromatic heterocycles. The van der Waals surface area contributed by atoms with Crippen molar-refractivity contribution in [2.75, 3.05) is 5.88 Å². The minimum atomic E-state index is 0.480. The number of nitrogens with zero attached hydrogens (tertiary/aromatic N) is 2. The third-order valence-corrected chi connectivity index (χ3v) is 2.26. The van der Waals surface area contributed by atoms with Crippen LogP contribution in [0.4, 0.5) is 0 Å². The Morgan fingerprint density at radius 1 is 1.40 bits per heavy atom. The summed E-state index contributed by atoms with van der Waals surface area (Å²) < 4.78 is 10.7. The maximum Gasteiger partial charge on any atom is 0.251 e. The van der Waals surface area contributed by atoms with Crippen molar-refractivity contribution < 1.29 is 8.83 Å². The first kappa shape index (κ1) is 10.2. The lowest BCUT2D eigenvalue weighted by molar-refractivity contribution is 0.500. The van der Waals surface area contributed by atoms with Gasteiger partial charge < -0.3 is 8.83 Å². The molecular formula is C10H11ClN2O2. The van der Waals surface area contributed by atoms with Crippen LogP contribution >= 0.6 is 11.6 Å². The van der Waals surface area contributed by atoms with E-state index in [0.717, 1.165) is 17.7 Å². The second-order valence-corrected chi connectivity index (χ2v) is 3.43. The summed E-state index contributed by atoms with van der Waals surface area (Å²) in [5.41, 5.74) is 0.867. The van der Waals surface area contributed by atoms with E-state index in [2.05, 4.69) is 10.2 Å². The minimum absolute atomic E-state index is 0.480. The third kappa shape index (κ3) is 2.04. The molecular weight excluding hydrogens is 216 g/mol. The molecule has 0 radical (unpaired) electrons. The molecule has 0 N–H and O–H groups in total. The number of halogens is 1. The highest BCUT2D eigenvalue weighted by atomic mass is 35.5. The molecule has 2 heterocycles. The summed E-state index contributed by atoms with van der Waals surface area (Å²) in [5.74, 6) is 2.40. The van der Waals surface area contributed by atoms with Crippen molar-refractivity contribution in [2.45, 2.75) is 19.8 Å². The SMILES string of the molecule is CCc1occc1-c1nnc(CCCl)o1. The molecule has 0 aliphatic heterocycles. The summed E-state index contributed by atoms with van der Waals surface area (Å²) in [6, 6.07) is 1.83. The van der Waals surface area contributed by atoms with Crippen LogP contribution in [0.5, 0.6) is 0 Å². The summed E-state index contributed by atoms with van der Waals surface area (Å²) >= 11 is 5.58. The van der Waals surface area contributed by atoms with Gasteiger partial charge in [0.1, 0.15) is 5.76 Å². The first-order chi connectivity index (χ1) is 7.35. The molecule has 0 amide bonds. The molecule has 2 aromatic rings. The van der Waals surface area contributed by atoms with Crippen LogP contribution in [0.3, 0.4) is 0 Å². The second-order valence-electron chi connectivity index (χ2n) is 3.05. The zero-order valence-corrected chi connectivity index (χ0v) is 9.12. The summed E-state index contributed by atoms with van der Waals surface area (Å²) in [5, 5.41) is 7.85. The van der Waals surface area contributed by atoms with Gasteiger partial charge in [-0.1, -0.05) is 6.92 Å². The average molecular weight is 227 g/mol. The van der Waals surface area contributed by atoms with Crippen LogP contribution in [0.25, 0.3) is 11.5 Å². The van der Waals surface area contributed by atoms with Crippen LogP contribution in [0.15, 0.2) is 21.2 Å². The number of aryl methyl sites for hydroxylation is 2. The van der Waals surface area contributed by atoms with Gasteiger partial charge in [0.25, 0.3) is 5.89 Å². The first-order valence-electron chi connectivity index (χ1n) is 4.80. The van der Waals surface area contributed by atoms with Crippen LogP contribution in [0.1, 0.15) is 18.6 Å². The second kappa shape index (κ2) is 4.49. The third-order valence-electron chi connectivity index (χ3n) is 2.07. The van der Waals surface area contributed by atoms with Crippen molar-refractivity contribution in [3.63, 3.8) is 0 Å². The largest absolute Gasteiger partial charge is 0.469 e. The predicted octanol–water partition coefficient (Wildman–Crippen LogP) is 2.67. The number of hydrogen-bond acceptors (Lipinski definition) is 4. The van der Waals surface area contributed by atoms with E-state index in [1.165, 1.54) is 0 Å². The van der Waals surface area contributed by atoms with E-state index in [1.807, 2.05) is 13.0 Å². The Bertz CT molecular complexity index is 436. The maximum absolute atomic E-state index is 5.58. The van der Waals surface area contributed by atoms with E-state index in [9.17, 15) is 0 Å². The molecule has 2 rings (SSSR count). The number of alkyl halides is 1. The quantitative estimate of drug-likeness (QED) is 0.753. The summed E-state index contributed by atoms with van der Waals surface area (Å²) in [6.07, 6.45) is 3.02. The fourth-order valence-electron chi connectivity index (χ4n) is 1.35. The van der Waals surface area contributed by atoms with Gasteiger partial charge in [-0.2, -0.15) is 0 Å². The molecule has 0 saturated carbocycles. The smallest absolute Gasteiger partial charge is 0.251 e. The summed E-state index contributed by atoms with van der Waals surface area (Å²) in [6.45, 7) is 2.01. The van der Waals surface area contributed by atoms with E-state index in [1.54, 1.807) is 6.26 Å². The van der Waals surface area contributed by atoms with Gasteiger partial charge in [-0.3, -0.25) is 0 Å². The van der Waals surface area contributed by atoms with Gasteiger partial charge in [0.05, 0.1) is 11.8 Å². The van der Waals surface area contributed by atoms with Crippen LogP contribution < -0.4 is 0 Å². The molecule has 0 atom stereocenters.